The molecule has 2 aromatic rings. The first-order chi connectivity index (χ1) is 10.2. The summed E-state index contributed by atoms with van der Waals surface area (Å²) in [5.41, 5.74) is 10.2. The smallest absolute Gasteiger partial charge is 0.872 e. The van der Waals surface area contributed by atoms with Crippen molar-refractivity contribution in [2.45, 2.75) is 0 Å². The molecule has 10 nitrogen and oxygen atoms in total. The minimum atomic E-state index is -1.48. The van der Waals surface area contributed by atoms with Crippen LogP contribution in [-0.2, 0) is 0 Å². The number of hydrogen-bond donors (Lipinski definition) is 2. The fourth-order valence-corrected chi connectivity index (χ4v) is 1.42. The third kappa shape index (κ3) is 9.69. The third-order valence-electron chi connectivity index (χ3n) is 2.45. The Morgan fingerprint density at radius 3 is 1.23 bits per heavy atom. The third-order valence-corrected chi connectivity index (χ3v) is 2.45. The molecule has 0 amide bonds. The van der Waals surface area contributed by atoms with Crippen LogP contribution in [0, 0.1) is 0 Å². The first-order valence-corrected chi connectivity index (χ1v) is 5.78. The number of carbonyl (C=O) groups excluding carboxylic acids is 2. The fraction of sp³-hybridized carbons (Fsp3) is 0. The molecule has 0 aliphatic rings. The normalized spacial score (nSPS) is 8.00. The van der Waals surface area contributed by atoms with Crippen LogP contribution in [0.5, 0.6) is 11.5 Å². The molecule has 0 unspecified atom stereocenters. The van der Waals surface area contributed by atoms with Gasteiger partial charge in [-0.3, -0.25) is 0 Å². The van der Waals surface area contributed by atoms with E-state index in [1.54, 1.807) is 0 Å². The van der Waals surface area contributed by atoms with Gasteiger partial charge in [0, 0.05) is 11.4 Å². The van der Waals surface area contributed by atoms with E-state index >= 15 is 0 Å². The van der Waals surface area contributed by atoms with Crippen molar-refractivity contribution in [3.05, 3.63) is 47.5 Å². The molecule has 0 fully saturated rings. The summed E-state index contributed by atoms with van der Waals surface area (Å²) >= 11 is 0. The number of carboxylic acids is 2. The van der Waals surface area contributed by atoms with Gasteiger partial charge in [0.15, 0.2) is 0 Å². The molecule has 132 valence electrons. The summed E-state index contributed by atoms with van der Waals surface area (Å²) in [5, 5.41) is 41.9. The van der Waals surface area contributed by atoms with Crippen LogP contribution < -0.4 is 31.9 Å². The Hall–Kier alpha value is -1.71. The molecule has 12 heteroatoms. The molecule has 0 spiro atoms. The number of aromatic carboxylic acids is 2. The van der Waals surface area contributed by atoms with E-state index in [1.165, 1.54) is 12.1 Å². The molecular weight excluding hydrogens is 391 g/mol. The number of carboxylic acid groups (broad SMARTS) is 2. The molecule has 0 aliphatic heterocycles. The molecule has 2 aromatic carbocycles. The Labute approximate surface area is 188 Å². The number of benzene rings is 2. The van der Waals surface area contributed by atoms with E-state index in [1.807, 2.05) is 0 Å². The van der Waals surface area contributed by atoms with E-state index in [4.69, 9.17) is 11.5 Å². The largest absolute Gasteiger partial charge is 3.00 e. The Kier molecular flexibility index (Phi) is 17.8. The number of carbonyl (C=O) groups is 2. The van der Waals surface area contributed by atoms with Gasteiger partial charge in [0.25, 0.3) is 0 Å². The van der Waals surface area contributed by atoms with E-state index in [0.29, 0.717) is 0 Å². The first kappa shape index (κ1) is 32.0. The Balaban J connectivity index is -0.000000161. The van der Waals surface area contributed by atoms with Crippen LogP contribution in [0.15, 0.2) is 36.4 Å². The van der Waals surface area contributed by atoms with E-state index in [9.17, 15) is 30.0 Å². The second-order valence-corrected chi connectivity index (χ2v) is 4.09. The van der Waals surface area contributed by atoms with Crippen LogP contribution >= 0.6 is 0 Å². The molecule has 0 saturated heterocycles. The maximum atomic E-state index is 10.8. The molecule has 26 heavy (non-hydrogen) atoms. The van der Waals surface area contributed by atoms with Crippen molar-refractivity contribution in [3.63, 3.8) is 0 Å². The number of hydrogen-bond acceptors (Lipinski definition) is 9. The quantitative estimate of drug-likeness (QED) is 0.362. The summed E-state index contributed by atoms with van der Waals surface area (Å²) in [5.74, 6) is -4.19. The summed E-state index contributed by atoms with van der Waals surface area (Å²) in [4.78, 5) is 20.4. The van der Waals surface area contributed by atoms with Gasteiger partial charge < -0.3 is 52.4 Å². The number of anilines is 2. The Morgan fingerprint density at radius 2 is 1.04 bits per heavy atom. The van der Waals surface area contributed by atoms with Gasteiger partial charge in [-0.1, -0.05) is 23.6 Å². The molecule has 0 aromatic heterocycles. The van der Waals surface area contributed by atoms with Crippen molar-refractivity contribution in [3.8, 4) is 11.5 Å². The molecule has 0 saturated carbocycles. The predicted octanol–water partition coefficient (Wildman–Crippen LogP) is -4.35. The second kappa shape index (κ2) is 14.5. The zero-order chi connectivity index (χ0) is 16.9. The Bertz CT molecular complexity index is 669. The maximum Gasteiger partial charge on any atom is 3.00 e. The van der Waals surface area contributed by atoms with Crippen LogP contribution in [0.3, 0.4) is 0 Å². The summed E-state index contributed by atoms with van der Waals surface area (Å²) in [6, 6.07) is 7.04. The summed E-state index contributed by atoms with van der Waals surface area (Å²) in [6.45, 7) is 0. The van der Waals surface area contributed by atoms with Crippen molar-refractivity contribution in [1.29, 1.82) is 0 Å². The minimum Gasteiger partial charge on any atom is -0.872 e. The number of rotatable bonds is 2. The Morgan fingerprint density at radius 1 is 0.769 bits per heavy atom. The number of nitrogen functional groups attached to an aromatic ring is 2. The molecule has 7 N–H and O–H groups in total. The van der Waals surface area contributed by atoms with Gasteiger partial charge >= 0.3 is 55.1 Å². The monoisotopic (exact) mass is 404 g/mol. The first-order valence-electron chi connectivity index (χ1n) is 5.78. The average Bonchev–Trinajstić information content (AvgIpc) is 2.38. The van der Waals surface area contributed by atoms with Crippen LogP contribution in [0.2, 0.25) is 0 Å². The van der Waals surface area contributed by atoms with E-state index < -0.39 is 23.4 Å². The molecular formula is C14H13AlCaN2O8. The minimum absolute atomic E-state index is 0. The van der Waals surface area contributed by atoms with Crippen molar-refractivity contribution in [2.24, 2.45) is 0 Å². The van der Waals surface area contributed by atoms with Crippen molar-refractivity contribution >= 4 is 78.4 Å². The van der Waals surface area contributed by atoms with Crippen molar-refractivity contribution < 1.29 is 41.0 Å². The van der Waals surface area contributed by atoms with Gasteiger partial charge in [-0.15, -0.1) is 0 Å². The SMILES string of the molecule is Nc1ccc(C(=O)[O-])c([O-])c1.Nc1ccc(C(=O)[O-])c([O-])c1.O.[Al+3].[Ca+2].[OH-]. The van der Waals surface area contributed by atoms with Crippen LogP contribution in [0.25, 0.3) is 0 Å². The average molecular weight is 404 g/mol. The summed E-state index contributed by atoms with van der Waals surface area (Å²) in [7, 11) is 0. The van der Waals surface area contributed by atoms with Gasteiger partial charge in [-0.2, -0.15) is 0 Å². The molecule has 2 rings (SSSR count). The summed E-state index contributed by atoms with van der Waals surface area (Å²) < 4.78 is 0. The van der Waals surface area contributed by atoms with Gasteiger partial charge in [0.05, 0.1) is 11.9 Å². The van der Waals surface area contributed by atoms with Crippen LogP contribution in [0.1, 0.15) is 20.7 Å². The zero-order valence-electron chi connectivity index (χ0n) is 13.3. The molecule has 0 heterocycles. The van der Waals surface area contributed by atoms with Gasteiger partial charge in [-0.05, 0) is 35.4 Å². The topological polar surface area (TPSA) is 240 Å². The van der Waals surface area contributed by atoms with Gasteiger partial charge in [0.2, 0.25) is 0 Å². The molecule has 0 atom stereocenters. The van der Waals surface area contributed by atoms with Crippen molar-refractivity contribution in [2.75, 3.05) is 11.5 Å². The van der Waals surface area contributed by atoms with Crippen LogP contribution in [-0.4, -0.2) is 78.0 Å². The second-order valence-electron chi connectivity index (χ2n) is 4.09. The zero-order valence-corrected chi connectivity index (χ0v) is 16.7. The van der Waals surface area contributed by atoms with Crippen molar-refractivity contribution in [1.82, 2.24) is 0 Å². The van der Waals surface area contributed by atoms with Gasteiger partial charge in [-0.25, -0.2) is 0 Å². The molecule has 0 aliphatic carbocycles. The molecule has 0 radical (unpaired) electrons. The van der Waals surface area contributed by atoms with Crippen LogP contribution in [0.4, 0.5) is 11.4 Å². The molecule has 0 bridgehead atoms. The van der Waals surface area contributed by atoms with E-state index in [0.717, 1.165) is 24.3 Å². The van der Waals surface area contributed by atoms with E-state index in [2.05, 4.69) is 0 Å². The summed E-state index contributed by atoms with van der Waals surface area (Å²) in [6.07, 6.45) is 0. The predicted molar refractivity (Wildman–Crippen MR) is 86.3 cm³/mol. The fourth-order valence-electron chi connectivity index (χ4n) is 1.42. The van der Waals surface area contributed by atoms with Gasteiger partial charge in [0.1, 0.15) is 0 Å². The van der Waals surface area contributed by atoms with E-state index in [-0.39, 0.29) is 88.6 Å². The number of nitrogens with two attached hydrogens (primary N) is 2. The standard InChI is InChI=1S/2C7H7NO3.Al.Ca.2H2O/c2*8-4-1-2-5(7(10)11)6(9)3-4;;;;/h2*1-3,9H,8H2,(H,10,11);;;2*1H2/q;;+3;+2;;/p-5. The maximum absolute atomic E-state index is 10.8.